The first-order valence-electron chi connectivity index (χ1n) is 9.14. The number of nitrogens with zero attached hydrogens (tertiary/aromatic N) is 5. The molecule has 1 aliphatic rings. The number of ether oxygens (including phenoxy) is 1. The number of hydrogen-bond donors (Lipinski definition) is 2. The zero-order valence-corrected chi connectivity index (χ0v) is 15.8. The second-order valence-corrected chi connectivity index (χ2v) is 6.54. The molecule has 10 nitrogen and oxygen atoms in total. The van der Waals surface area contributed by atoms with Crippen molar-refractivity contribution in [3.8, 4) is 0 Å². The number of nitrogens with one attached hydrogen (secondary N) is 2. The molecular formula is C17H25N7O3. The topological polar surface area (TPSA) is 114 Å². The van der Waals surface area contributed by atoms with Gasteiger partial charge in [-0.1, -0.05) is 0 Å². The number of piperidine rings is 1. The lowest BCUT2D eigenvalue weighted by molar-refractivity contribution is -0.144. The monoisotopic (exact) mass is 375 g/mol. The fraction of sp³-hybridized carbons (Fsp3) is 0.588. The summed E-state index contributed by atoms with van der Waals surface area (Å²) >= 11 is 0. The lowest BCUT2D eigenvalue weighted by atomic mass is 10.1. The molecule has 2 N–H and O–H groups in total. The minimum atomic E-state index is -0.678. The van der Waals surface area contributed by atoms with Gasteiger partial charge in [0.1, 0.15) is 11.9 Å². The number of aromatic nitrogens is 4. The third-order valence-electron chi connectivity index (χ3n) is 4.60. The SMILES string of the molecule is CCOC(=O)[C@H](C)NC(=O)NC1CCN(c2nccn3c(C)nnc23)CC1. The van der Waals surface area contributed by atoms with E-state index in [1.54, 1.807) is 20.0 Å². The summed E-state index contributed by atoms with van der Waals surface area (Å²) in [5, 5.41) is 13.8. The van der Waals surface area contributed by atoms with E-state index in [0.29, 0.717) is 0 Å². The molecule has 0 aliphatic carbocycles. The van der Waals surface area contributed by atoms with Gasteiger partial charge in [-0.25, -0.2) is 14.6 Å². The number of anilines is 1. The molecule has 27 heavy (non-hydrogen) atoms. The Morgan fingerprint density at radius 3 is 2.78 bits per heavy atom. The van der Waals surface area contributed by atoms with E-state index in [0.717, 1.165) is 43.2 Å². The molecule has 2 aromatic heterocycles. The Balaban J connectivity index is 1.53. The molecule has 0 bridgehead atoms. The lowest BCUT2D eigenvalue weighted by Crippen LogP contribution is -2.51. The molecule has 1 aliphatic heterocycles. The Labute approximate surface area is 157 Å². The van der Waals surface area contributed by atoms with E-state index in [9.17, 15) is 9.59 Å². The van der Waals surface area contributed by atoms with E-state index in [2.05, 4.69) is 30.7 Å². The molecule has 0 unspecified atom stereocenters. The van der Waals surface area contributed by atoms with Crippen molar-refractivity contribution in [1.82, 2.24) is 30.2 Å². The Kier molecular flexibility index (Phi) is 5.72. The third-order valence-corrected chi connectivity index (χ3v) is 4.60. The summed E-state index contributed by atoms with van der Waals surface area (Å²) in [5.74, 6) is 1.18. The molecule has 3 heterocycles. The highest BCUT2D eigenvalue weighted by molar-refractivity contribution is 5.83. The Morgan fingerprint density at radius 1 is 1.33 bits per heavy atom. The minimum Gasteiger partial charge on any atom is -0.464 e. The van der Waals surface area contributed by atoms with Crippen molar-refractivity contribution in [3.63, 3.8) is 0 Å². The van der Waals surface area contributed by atoms with Gasteiger partial charge in [0, 0.05) is 31.5 Å². The molecular weight excluding hydrogens is 350 g/mol. The van der Waals surface area contributed by atoms with Crippen LogP contribution in [0.2, 0.25) is 0 Å². The average molecular weight is 375 g/mol. The molecule has 0 spiro atoms. The van der Waals surface area contributed by atoms with E-state index in [-0.39, 0.29) is 18.7 Å². The maximum atomic E-state index is 12.1. The predicted octanol–water partition coefficient (Wildman–Crippen LogP) is 0.652. The summed E-state index contributed by atoms with van der Waals surface area (Å²) in [4.78, 5) is 30.3. The highest BCUT2D eigenvalue weighted by Gasteiger charge is 2.25. The van der Waals surface area contributed by atoms with Crippen molar-refractivity contribution in [3.05, 3.63) is 18.2 Å². The van der Waals surface area contributed by atoms with Crippen molar-refractivity contribution in [1.29, 1.82) is 0 Å². The second kappa shape index (κ2) is 8.19. The quantitative estimate of drug-likeness (QED) is 0.738. The zero-order valence-electron chi connectivity index (χ0n) is 15.8. The van der Waals surface area contributed by atoms with E-state index >= 15 is 0 Å². The average Bonchev–Trinajstić information content (AvgIpc) is 3.04. The first-order chi connectivity index (χ1) is 13.0. The fourth-order valence-electron chi connectivity index (χ4n) is 3.14. The number of carbonyl (C=O) groups is 2. The van der Waals surface area contributed by atoms with Crippen molar-refractivity contribution < 1.29 is 14.3 Å². The van der Waals surface area contributed by atoms with Crippen molar-refractivity contribution in [2.45, 2.75) is 45.7 Å². The van der Waals surface area contributed by atoms with Crippen LogP contribution >= 0.6 is 0 Å². The van der Waals surface area contributed by atoms with Crippen LogP contribution in [0, 0.1) is 6.92 Å². The minimum absolute atomic E-state index is 0.0370. The first kappa shape index (κ1) is 18.9. The van der Waals surface area contributed by atoms with Gasteiger partial charge in [-0.05, 0) is 33.6 Å². The smallest absolute Gasteiger partial charge is 0.328 e. The van der Waals surface area contributed by atoms with Crippen LogP contribution in [0.4, 0.5) is 10.6 Å². The van der Waals surface area contributed by atoms with Crippen molar-refractivity contribution >= 4 is 23.5 Å². The van der Waals surface area contributed by atoms with Crippen LogP contribution in [-0.4, -0.2) is 63.4 Å². The van der Waals surface area contributed by atoms with Crippen LogP contribution in [0.25, 0.3) is 5.65 Å². The van der Waals surface area contributed by atoms with Crippen LogP contribution in [0.15, 0.2) is 12.4 Å². The third kappa shape index (κ3) is 4.26. The first-order valence-corrected chi connectivity index (χ1v) is 9.14. The number of esters is 1. The van der Waals surface area contributed by atoms with Crippen LogP contribution in [-0.2, 0) is 9.53 Å². The second-order valence-electron chi connectivity index (χ2n) is 6.54. The molecule has 2 amide bonds. The molecule has 10 heteroatoms. The van der Waals surface area contributed by atoms with Gasteiger partial charge in [-0.15, -0.1) is 10.2 Å². The summed E-state index contributed by atoms with van der Waals surface area (Å²) < 4.78 is 6.80. The fourth-order valence-corrected chi connectivity index (χ4v) is 3.14. The van der Waals surface area contributed by atoms with Gasteiger partial charge in [0.2, 0.25) is 5.65 Å². The largest absolute Gasteiger partial charge is 0.464 e. The zero-order chi connectivity index (χ0) is 19.4. The maximum Gasteiger partial charge on any atom is 0.328 e. The molecule has 2 aromatic rings. The van der Waals surface area contributed by atoms with Gasteiger partial charge in [-0.2, -0.15) is 0 Å². The number of rotatable bonds is 5. The molecule has 3 rings (SSSR count). The number of hydrogen-bond acceptors (Lipinski definition) is 7. The summed E-state index contributed by atoms with van der Waals surface area (Å²) in [6.45, 7) is 7.02. The van der Waals surface area contributed by atoms with E-state index in [1.807, 2.05) is 17.5 Å². The number of aryl methyl sites for hydroxylation is 1. The molecule has 0 radical (unpaired) electrons. The molecule has 0 saturated carbocycles. The van der Waals surface area contributed by atoms with Gasteiger partial charge < -0.3 is 20.3 Å². The summed E-state index contributed by atoms with van der Waals surface area (Å²) in [6, 6.07) is -1.000. The standard InChI is InChI=1S/C17H25N7O3/c1-4-27-16(25)11(2)19-17(26)20-13-5-8-23(9-6-13)14-15-22-21-12(3)24(15)10-7-18-14/h7,10-11,13H,4-6,8-9H2,1-3H3,(H2,19,20,26)/t11-/m0/s1. The van der Waals surface area contributed by atoms with Gasteiger partial charge >= 0.3 is 12.0 Å². The van der Waals surface area contributed by atoms with Gasteiger partial charge in [0.25, 0.3) is 0 Å². The number of urea groups is 1. The highest BCUT2D eigenvalue weighted by atomic mass is 16.5. The van der Waals surface area contributed by atoms with Gasteiger partial charge in [0.05, 0.1) is 6.61 Å². The molecule has 146 valence electrons. The van der Waals surface area contributed by atoms with Crippen molar-refractivity contribution in [2.75, 3.05) is 24.6 Å². The molecule has 1 atom stereocenters. The maximum absolute atomic E-state index is 12.1. The molecule has 1 fully saturated rings. The molecule has 1 saturated heterocycles. The van der Waals surface area contributed by atoms with E-state index in [4.69, 9.17) is 4.74 Å². The number of fused-ring (bicyclic) bond motifs is 1. The Morgan fingerprint density at radius 2 is 2.07 bits per heavy atom. The Hall–Kier alpha value is -2.91. The lowest BCUT2D eigenvalue weighted by Gasteiger charge is -2.33. The number of amides is 2. The van der Waals surface area contributed by atoms with Gasteiger partial charge in [-0.3, -0.25) is 4.40 Å². The normalized spacial score (nSPS) is 16.2. The molecule has 0 aromatic carbocycles. The van der Waals surface area contributed by atoms with Gasteiger partial charge in [0.15, 0.2) is 5.82 Å². The summed E-state index contributed by atoms with van der Waals surface area (Å²) in [7, 11) is 0. The summed E-state index contributed by atoms with van der Waals surface area (Å²) in [5.41, 5.74) is 0.738. The van der Waals surface area contributed by atoms with Crippen LogP contribution in [0.1, 0.15) is 32.5 Å². The van der Waals surface area contributed by atoms with Crippen LogP contribution < -0.4 is 15.5 Å². The van der Waals surface area contributed by atoms with Crippen LogP contribution in [0.5, 0.6) is 0 Å². The predicted molar refractivity (Wildman–Crippen MR) is 98.5 cm³/mol. The van der Waals surface area contributed by atoms with E-state index < -0.39 is 12.0 Å². The van der Waals surface area contributed by atoms with E-state index in [1.165, 1.54) is 0 Å². The van der Waals surface area contributed by atoms with Crippen LogP contribution in [0.3, 0.4) is 0 Å². The highest BCUT2D eigenvalue weighted by Crippen LogP contribution is 2.21. The number of carbonyl (C=O) groups excluding carboxylic acids is 2. The van der Waals surface area contributed by atoms with Crippen molar-refractivity contribution in [2.24, 2.45) is 0 Å². The Bertz CT molecular complexity index is 814. The summed E-state index contributed by atoms with van der Waals surface area (Å²) in [6.07, 6.45) is 5.14.